The summed E-state index contributed by atoms with van der Waals surface area (Å²) in [5, 5.41) is 0. The minimum atomic E-state index is -3.87. The van der Waals surface area contributed by atoms with Crippen LogP contribution >= 0.6 is 0 Å². The van der Waals surface area contributed by atoms with E-state index < -0.39 is 10.1 Å². The molecule has 0 spiro atoms. The highest BCUT2D eigenvalue weighted by molar-refractivity contribution is 7.85. The molecule has 1 N–H and O–H groups in total. The highest BCUT2D eigenvalue weighted by Gasteiger charge is 2.35. The zero-order valence-electron chi connectivity index (χ0n) is 16.6. The number of rotatable bonds is 10. The van der Waals surface area contributed by atoms with Crippen LogP contribution in [0.15, 0.2) is 91.0 Å². The van der Waals surface area contributed by atoms with Gasteiger partial charge in [0.15, 0.2) is 0 Å². The SMILES string of the molecule is O=S(=O)(O)CCCCCCC(c1ccccc1)(c1ccccc1)c1ccccc1. The highest BCUT2D eigenvalue weighted by Crippen LogP contribution is 2.43. The lowest BCUT2D eigenvalue weighted by Crippen LogP contribution is -2.29. The monoisotopic (exact) mass is 408 g/mol. The van der Waals surface area contributed by atoms with E-state index in [1.54, 1.807) is 0 Å². The van der Waals surface area contributed by atoms with Gasteiger partial charge in [-0.3, -0.25) is 4.55 Å². The number of hydrogen-bond donors (Lipinski definition) is 1. The molecule has 0 aliphatic carbocycles. The molecule has 0 aromatic heterocycles. The Morgan fingerprint density at radius 3 is 1.34 bits per heavy atom. The minimum absolute atomic E-state index is 0.159. The molecule has 0 amide bonds. The van der Waals surface area contributed by atoms with Crippen molar-refractivity contribution in [1.82, 2.24) is 0 Å². The standard InChI is InChI=1S/C25H28O3S/c26-29(27,28)21-13-2-1-12-20-25(22-14-6-3-7-15-22,23-16-8-4-9-17-23)24-18-10-5-11-19-24/h3-11,14-19H,1-2,12-13,20-21H2,(H,26,27,28). The Balaban J connectivity index is 1.91. The molecule has 0 heterocycles. The zero-order valence-corrected chi connectivity index (χ0v) is 17.4. The molecule has 152 valence electrons. The summed E-state index contributed by atoms with van der Waals surface area (Å²) in [7, 11) is -3.87. The van der Waals surface area contributed by atoms with E-state index in [2.05, 4.69) is 72.8 Å². The summed E-state index contributed by atoms with van der Waals surface area (Å²) in [6.45, 7) is 0. The van der Waals surface area contributed by atoms with Gasteiger partial charge in [-0.25, -0.2) is 0 Å². The molecule has 0 aliphatic rings. The molecule has 0 fully saturated rings. The lowest BCUT2D eigenvalue weighted by atomic mass is 9.66. The molecular formula is C25H28O3S. The van der Waals surface area contributed by atoms with Crippen molar-refractivity contribution in [2.75, 3.05) is 5.75 Å². The molecule has 0 atom stereocenters. The van der Waals surface area contributed by atoms with Crippen LogP contribution in [0, 0.1) is 0 Å². The summed E-state index contributed by atoms with van der Waals surface area (Å²) in [5.74, 6) is -0.159. The molecule has 0 unspecified atom stereocenters. The molecule has 3 aromatic carbocycles. The van der Waals surface area contributed by atoms with Crippen molar-refractivity contribution in [3.05, 3.63) is 108 Å². The van der Waals surface area contributed by atoms with Crippen LogP contribution in [0.5, 0.6) is 0 Å². The van der Waals surface area contributed by atoms with Gasteiger partial charge in [0.05, 0.1) is 5.75 Å². The van der Waals surface area contributed by atoms with Gasteiger partial charge >= 0.3 is 0 Å². The third-order valence-electron chi connectivity index (χ3n) is 5.50. The van der Waals surface area contributed by atoms with Crippen molar-refractivity contribution in [3.8, 4) is 0 Å². The van der Waals surface area contributed by atoms with E-state index in [-0.39, 0.29) is 11.2 Å². The normalized spacial score (nSPS) is 12.0. The average Bonchev–Trinajstić information content (AvgIpc) is 2.75. The van der Waals surface area contributed by atoms with E-state index in [1.807, 2.05) is 18.2 Å². The lowest BCUT2D eigenvalue weighted by molar-refractivity contribution is 0.475. The fraction of sp³-hybridized carbons (Fsp3) is 0.280. The van der Waals surface area contributed by atoms with Crippen LogP contribution in [-0.4, -0.2) is 18.7 Å². The third-order valence-corrected chi connectivity index (χ3v) is 6.31. The Hall–Kier alpha value is -2.43. The summed E-state index contributed by atoms with van der Waals surface area (Å²) in [6, 6.07) is 31.8. The first-order valence-electron chi connectivity index (χ1n) is 10.1. The van der Waals surface area contributed by atoms with E-state index >= 15 is 0 Å². The summed E-state index contributed by atoms with van der Waals surface area (Å²) < 4.78 is 30.8. The largest absolute Gasteiger partial charge is 0.286 e. The van der Waals surface area contributed by atoms with Crippen LogP contribution in [0.2, 0.25) is 0 Å². The predicted octanol–water partition coefficient (Wildman–Crippen LogP) is 5.86. The summed E-state index contributed by atoms with van der Waals surface area (Å²) in [6.07, 6.45) is 4.09. The second-order valence-corrected chi connectivity index (χ2v) is 9.03. The number of hydrogen-bond acceptors (Lipinski definition) is 2. The zero-order chi connectivity index (χ0) is 20.6. The Bertz CT molecular complexity index is 872. The van der Waals surface area contributed by atoms with E-state index in [1.165, 1.54) is 16.7 Å². The topological polar surface area (TPSA) is 54.4 Å². The smallest absolute Gasteiger partial charge is 0.264 e. The summed E-state index contributed by atoms with van der Waals surface area (Å²) >= 11 is 0. The molecule has 0 saturated heterocycles. The minimum Gasteiger partial charge on any atom is -0.286 e. The van der Waals surface area contributed by atoms with Gasteiger partial charge in [-0.1, -0.05) is 110 Å². The van der Waals surface area contributed by atoms with Crippen molar-refractivity contribution in [1.29, 1.82) is 0 Å². The van der Waals surface area contributed by atoms with Crippen LogP contribution in [-0.2, 0) is 15.5 Å². The molecular weight excluding hydrogens is 380 g/mol. The molecule has 3 nitrogen and oxygen atoms in total. The van der Waals surface area contributed by atoms with Crippen LogP contribution in [0.4, 0.5) is 0 Å². The van der Waals surface area contributed by atoms with Crippen LogP contribution in [0.1, 0.15) is 48.8 Å². The first-order valence-corrected chi connectivity index (χ1v) is 11.7. The molecule has 4 heteroatoms. The Morgan fingerprint density at radius 1 is 0.586 bits per heavy atom. The van der Waals surface area contributed by atoms with Crippen molar-refractivity contribution in [2.45, 2.75) is 37.5 Å². The first-order chi connectivity index (χ1) is 14.0. The van der Waals surface area contributed by atoms with E-state index in [9.17, 15) is 8.42 Å². The molecule has 0 bridgehead atoms. The second-order valence-electron chi connectivity index (χ2n) is 7.45. The van der Waals surface area contributed by atoms with Crippen LogP contribution < -0.4 is 0 Å². The fourth-order valence-electron chi connectivity index (χ4n) is 4.13. The molecule has 0 radical (unpaired) electrons. The molecule has 0 saturated carbocycles. The van der Waals surface area contributed by atoms with Crippen LogP contribution in [0.3, 0.4) is 0 Å². The summed E-state index contributed by atoms with van der Waals surface area (Å²) in [4.78, 5) is 0. The Kier molecular flexibility index (Phi) is 7.24. The maximum Gasteiger partial charge on any atom is 0.264 e. The maximum absolute atomic E-state index is 10.9. The van der Waals surface area contributed by atoms with Gasteiger partial charge in [0.2, 0.25) is 0 Å². The first kappa shape index (κ1) is 21.3. The molecule has 3 rings (SSSR count). The predicted molar refractivity (Wildman–Crippen MR) is 119 cm³/mol. The van der Waals surface area contributed by atoms with Gasteiger partial charge < -0.3 is 0 Å². The van der Waals surface area contributed by atoms with E-state index in [4.69, 9.17) is 4.55 Å². The van der Waals surface area contributed by atoms with Crippen molar-refractivity contribution < 1.29 is 13.0 Å². The number of benzene rings is 3. The van der Waals surface area contributed by atoms with Gasteiger partial charge in [-0.2, -0.15) is 8.42 Å². The average molecular weight is 409 g/mol. The van der Waals surface area contributed by atoms with E-state index in [0.29, 0.717) is 6.42 Å². The maximum atomic E-state index is 10.9. The van der Waals surface area contributed by atoms with Crippen molar-refractivity contribution in [3.63, 3.8) is 0 Å². The second kappa shape index (κ2) is 9.86. The third kappa shape index (κ3) is 5.55. The Morgan fingerprint density at radius 2 is 0.966 bits per heavy atom. The van der Waals surface area contributed by atoms with Crippen LogP contribution in [0.25, 0.3) is 0 Å². The van der Waals surface area contributed by atoms with Crippen molar-refractivity contribution >= 4 is 10.1 Å². The van der Waals surface area contributed by atoms with Gasteiger partial charge in [-0.05, 0) is 29.5 Å². The highest BCUT2D eigenvalue weighted by atomic mass is 32.2. The summed E-state index contributed by atoms with van der Waals surface area (Å²) in [5.41, 5.74) is 3.52. The van der Waals surface area contributed by atoms with Gasteiger partial charge in [0, 0.05) is 5.41 Å². The lowest BCUT2D eigenvalue weighted by Gasteiger charge is -2.36. The van der Waals surface area contributed by atoms with Crippen molar-refractivity contribution in [2.24, 2.45) is 0 Å². The molecule has 29 heavy (non-hydrogen) atoms. The van der Waals surface area contributed by atoms with Gasteiger partial charge in [0.25, 0.3) is 10.1 Å². The van der Waals surface area contributed by atoms with Gasteiger partial charge in [-0.15, -0.1) is 0 Å². The number of unbranched alkanes of at least 4 members (excludes halogenated alkanes) is 3. The quantitative estimate of drug-likeness (QED) is 0.260. The Labute approximate surface area is 174 Å². The fourth-order valence-corrected chi connectivity index (χ4v) is 4.70. The van der Waals surface area contributed by atoms with E-state index in [0.717, 1.165) is 25.7 Å². The molecule has 3 aromatic rings. The molecule has 0 aliphatic heterocycles. The van der Waals surface area contributed by atoms with Gasteiger partial charge in [0.1, 0.15) is 0 Å².